The van der Waals surface area contributed by atoms with E-state index in [1.807, 2.05) is 38.1 Å². The van der Waals surface area contributed by atoms with Crippen molar-refractivity contribution in [2.45, 2.75) is 13.8 Å². The number of ether oxygens (including phenoxy) is 1. The van der Waals surface area contributed by atoms with Gasteiger partial charge < -0.3 is 10.5 Å². The number of benzene rings is 1. The minimum Gasteiger partial charge on any atom is -0.494 e. The summed E-state index contributed by atoms with van der Waals surface area (Å²) in [6.07, 6.45) is 0. The molecule has 94 valence electrons. The fourth-order valence-corrected chi connectivity index (χ4v) is 1.78. The molecular weight excluding hydrogens is 294 g/mol. The third-order valence-corrected chi connectivity index (χ3v) is 3.43. The van der Waals surface area contributed by atoms with Gasteiger partial charge in [-0.25, -0.2) is 9.97 Å². The second kappa shape index (κ2) is 5.35. The Kier molecular flexibility index (Phi) is 3.81. The molecule has 0 saturated heterocycles. The smallest absolute Gasteiger partial charge is 0.161 e. The minimum absolute atomic E-state index is 0.444. The summed E-state index contributed by atoms with van der Waals surface area (Å²) in [5.74, 6) is 1.85. The first kappa shape index (κ1) is 12.8. The molecule has 0 bridgehead atoms. The van der Waals surface area contributed by atoms with Crippen molar-refractivity contribution in [2.75, 3.05) is 12.3 Å². The van der Waals surface area contributed by atoms with Crippen LogP contribution in [0, 0.1) is 6.92 Å². The van der Waals surface area contributed by atoms with Crippen LogP contribution >= 0.6 is 15.9 Å². The second-order valence-electron chi connectivity index (χ2n) is 3.79. The van der Waals surface area contributed by atoms with E-state index in [0.29, 0.717) is 18.2 Å². The standard InChI is InChI=1S/C13H14BrN3O/c1-3-18-10-6-4-5-9(7-10)13-16-8(2)11(14)12(15)17-13/h4-7H,3H2,1-2H3,(H2,15,16,17). The number of hydrogen-bond acceptors (Lipinski definition) is 4. The van der Waals surface area contributed by atoms with E-state index in [1.54, 1.807) is 0 Å². The van der Waals surface area contributed by atoms with Gasteiger partial charge in [0, 0.05) is 5.56 Å². The monoisotopic (exact) mass is 307 g/mol. The molecule has 0 aliphatic carbocycles. The number of aromatic nitrogens is 2. The highest BCUT2D eigenvalue weighted by Gasteiger charge is 2.09. The topological polar surface area (TPSA) is 61.0 Å². The van der Waals surface area contributed by atoms with Crippen molar-refractivity contribution in [1.82, 2.24) is 9.97 Å². The van der Waals surface area contributed by atoms with Crippen LogP contribution in [0.3, 0.4) is 0 Å². The van der Waals surface area contributed by atoms with Gasteiger partial charge in [0.15, 0.2) is 5.82 Å². The van der Waals surface area contributed by atoms with E-state index in [9.17, 15) is 0 Å². The molecule has 2 N–H and O–H groups in total. The van der Waals surface area contributed by atoms with E-state index in [-0.39, 0.29) is 0 Å². The molecule has 1 aromatic heterocycles. The summed E-state index contributed by atoms with van der Waals surface area (Å²) in [6, 6.07) is 7.66. The van der Waals surface area contributed by atoms with Crippen molar-refractivity contribution in [1.29, 1.82) is 0 Å². The number of halogens is 1. The summed E-state index contributed by atoms with van der Waals surface area (Å²) >= 11 is 3.35. The van der Waals surface area contributed by atoms with Gasteiger partial charge in [0.1, 0.15) is 11.6 Å². The van der Waals surface area contributed by atoms with E-state index in [0.717, 1.165) is 21.5 Å². The van der Waals surface area contributed by atoms with Crippen molar-refractivity contribution in [2.24, 2.45) is 0 Å². The molecule has 0 atom stereocenters. The molecule has 1 aromatic carbocycles. The second-order valence-corrected chi connectivity index (χ2v) is 4.59. The average Bonchev–Trinajstić information content (AvgIpc) is 2.36. The average molecular weight is 308 g/mol. The molecule has 0 fully saturated rings. The van der Waals surface area contributed by atoms with Crippen LogP contribution in [0.2, 0.25) is 0 Å². The first-order chi connectivity index (χ1) is 8.61. The number of anilines is 1. The predicted molar refractivity (Wildman–Crippen MR) is 75.5 cm³/mol. The molecule has 0 aliphatic heterocycles. The lowest BCUT2D eigenvalue weighted by Crippen LogP contribution is -2.00. The highest BCUT2D eigenvalue weighted by Crippen LogP contribution is 2.26. The lowest BCUT2D eigenvalue weighted by Gasteiger charge is -2.08. The van der Waals surface area contributed by atoms with Crippen LogP contribution in [0.4, 0.5) is 5.82 Å². The van der Waals surface area contributed by atoms with Crippen LogP contribution in [0.25, 0.3) is 11.4 Å². The molecule has 0 unspecified atom stereocenters. The maximum absolute atomic E-state index is 5.83. The van der Waals surface area contributed by atoms with E-state index < -0.39 is 0 Å². The Morgan fingerprint density at radius 1 is 1.33 bits per heavy atom. The van der Waals surface area contributed by atoms with E-state index in [2.05, 4.69) is 25.9 Å². The molecule has 0 aliphatic rings. The van der Waals surface area contributed by atoms with Gasteiger partial charge in [-0.15, -0.1) is 0 Å². The van der Waals surface area contributed by atoms with Crippen LogP contribution in [-0.4, -0.2) is 16.6 Å². The zero-order chi connectivity index (χ0) is 13.1. The van der Waals surface area contributed by atoms with E-state index in [1.165, 1.54) is 0 Å². The SMILES string of the molecule is CCOc1cccc(-c2nc(C)c(Br)c(N)n2)c1. The molecule has 0 saturated carbocycles. The van der Waals surface area contributed by atoms with Gasteiger partial charge in [-0.1, -0.05) is 12.1 Å². The van der Waals surface area contributed by atoms with Crippen molar-refractivity contribution < 1.29 is 4.74 Å². The van der Waals surface area contributed by atoms with Gasteiger partial charge in [-0.05, 0) is 41.9 Å². The number of nitrogens with zero attached hydrogens (tertiary/aromatic N) is 2. The third-order valence-electron chi connectivity index (χ3n) is 2.45. The lowest BCUT2D eigenvalue weighted by atomic mass is 10.2. The zero-order valence-corrected chi connectivity index (χ0v) is 11.9. The Morgan fingerprint density at radius 2 is 2.11 bits per heavy atom. The molecule has 0 radical (unpaired) electrons. The number of nitrogen functional groups attached to an aromatic ring is 1. The van der Waals surface area contributed by atoms with Gasteiger partial charge in [-0.2, -0.15) is 0 Å². The molecule has 4 nitrogen and oxygen atoms in total. The van der Waals surface area contributed by atoms with Crippen LogP contribution in [0.15, 0.2) is 28.7 Å². The fourth-order valence-electron chi connectivity index (χ4n) is 1.60. The lowest BCUT2D eigenvalue weighted by molar-refractivity contribution is 0.340. The first-order valence-corrected chi connectivity index (χ1v) is 6.44. The summed E-state index contributed by atoms with van der Waals surface area (Å²) in [6.45, 7) is 4.47. The quantitative estimate of drug-likeness (QED) is 0.946. The van der Waals surface area contributed by atoms with Crippen LogP contribution < -0.4 is 10.5 Å². The first-order valence-electron chi connectivity index (χ1n) is 5.64. The van der Waals surface area contributed by atoms with E-state index >= 15 is 0 Å². The third kappa shape index (κ3) is 2.61. The van der Waals surface area contributed by atoms with Crippen molar-refractivity contribution >= 4 is 21.7 Å². The molecule has 0 spiro atoms. The molecule has 18 heavy (non-hydrogen) atoms. The largest absolute Gasteiger partial charge is 0.494 e. The molecule has 5 heteroatoms. The summed E-state index contributed by atoms with van der Waals surface area (Å²) < 4.78 is 6.20. The van der Waals surface area contributed by atoms with E-state index in [4.69, 9.17) is 10.5 Å². The summed E-state index contributed by atoms with van der Waals surface area (Å²) in [4.78, 5) is 8.68. The maximum atomic E-state index is 5.83. The maximum Gasteiger partial charge on any atom is 0.161 e. The van der Waals surface area contributed by atoms with Crippen LogP contribution in [0.1, 0.15) is 12.6 Å². The van der Waals surface area contributed by atoms with Gasteiger partial charge >= 0.3 is 0 Å². The molecule has 2 aromatic rings. The minimum atomic E-state index is 0.444. The van der Waals surface area contributed by atoms with Crippen LogP contribution in [-0.2, 0) is 0 Å². The van der Waals surface area contributed by atoms with Crippen molar-refractivity contribution in [3.8, 4) is 17.1 Å². The summed E-state index contributed by atoms with van der Waals surface area (Å²) in [7, 11) is 0. The Hall–Kier alpha value is -1.62. The van der Waals surface area contributed by atoms with Crippen molar-refractivity contribution in [3.63, 3.8) is 0 Å². The highest BCUT2D eigenvalue weighted by atomic mass is 79.9. The highest BCUT2D eigenvalue weighted by molar-refractivity contribution is 9.10. The Labute approximate surface area is 114 Å². The number of hydrogen-bond donors (Lipinski definition) is 1. The molecule has 0 amide bonds. The number of rotatable bonds is 3. The van der Waals surface area contributed by atoms with Gasteiger partial charge in [0.05, 0.1) is 16.8 Å². The number of aryl methyl sites for hydroxylation is 1. The van der Waals surface area contributed by atoms with Crippen molar-refractivity contribution in [3.05, 3.63) is 34.4 Å². The molecule has 2 rings (SSSR count). The summed E-state index contributed by atoms with van der Waals surface area (Å²) in [5.41, 5.74) is 7.54. The Balaban J connectivity index is 2.45. The molecule has 1 heterocycles. The van der Waals surface area contributed by atoms with Crippen LogP contribution in [0.5, 0.6) is 5.75 Å². The predicted octanol–water partition coefficient (Wildman–Crippen LogP) is 3.20. The zero-order valence-electron chi connectivity index (χ0n) is 10.3. The van der Waals surface area contributed by atoms with Gasteiger partial charge in [-0.3, -0.25) is 0 Å². The Bertz CT molecular complexity index is 549. The summed E-state index contributed by atoms with van der Waals surface area (Å²) in [5, 5.41) is 0. The number of nitrogens with two attached hydrogens (primary N) is 1. The molecular formula is C13H14BrN3O. The fraction of sp³-hybridized carbons (Fsp3) is 0.231. The van der Waals surface area contributed by atoms with Gasteiger partial charge in [0.2, 0.25) is 0 Å². The normalized spacial score (nSPS) is 10.4. The van der Waals surface area contributed by atoms with Gasteiger partial charge in [0.25, 0.3) is 0 Å². The Morgan fingerprint density at radius 3 is 2.78 bits per heavy atom.